The zero-order chi connectivity index (χ0) is 12.3. The Labute approximate surface area is 107 Å². The summed E-state index contributed by atoms with van der Waals surface area (Å²) in [5, 5.41) is 1.89. The number of thiophene rings is 1. The van der Waals surface area contributed by atoms with Crippen LogP contribution in [0.1, 0.15) is 48.2 Å². The first-order valence-electron chi connectivity index (χ1n) is 6.16. The SMILES string of the molecule is C=CCCCCCCCOC(=O)c1cccs1. The molecule has 0 saturated carbocycles. The standard InChI is InChI=1S/C14H20O2S/c1-2-3-4-5-6-7-8-11-16-14(15)13-10-9-12-17-13/h2,9-10,12H,1,3-8,11H2. The molecule has 1 heterocycles. The molecule has 0 N–H and O–H groups in total. The van der Waals surface area contributed by atoms with E-state index in [-0.39, 0.29) is 5.97 Å². The van der Waals surface area contributed by atoms with Gasteiger partial charge in [-0.1, -0.05) is 31.4 Å². The van der Waals surface area contributed by atoms with Crippen LogP contribution in [0.3, 0.4) is 0 Å². The Kier molecular flexibility index (Phi) is 7.39. The van der Waals surface area contributed by atoms with Gasteiger partial charge in [0.2, 0.25) is 0 Å². The van der Waals surface area contributed by atoms with Crippen LogP contribution >= 0.6 is 11.3 Å². The molecule has 0 unspecified atom stereocenters. The van der Waals surface area contributed by atoms with E-state index < -0.39 is 0 Å². The van der Waals surface area contributed by atoms with Crippen molar-refractivity contribution in [2.24, 2.45) is 0 Å². The highest BCUT2D eigenvalue weighted by Crippen LogP contribution is 2.11. The third-order valence-electron chi connectivity index (χ3n) is 2.51. The number of carbonyl (C=O) groups is 1. The van der Waals surface area contributed by atoms with Crippen molar-refractivity contribution in [2.45, 2.75) is 38.5 Å². The molecule has 0 radical (unpaired) electrons. The Bertz CT molecular complexity index is 317. The van der Waals surface area contributed by atoms with Gasteiger partial charge in [-0.3, -0.25) is 0 Å². The highest BCUT2D eigenvalue weighted by molar-refractivity contribution is 7.11. The second-order valence-corrected chi connectivity index (χ2v) is 4.91. The molecule has 0 fully saturated rings. The fraction of sp³-hybridized carbons (Fsp3) is 0.500. The monoisotopic (exact) mass is 252 g/mol. The molecule has 0 saturated heterocycles. The maximum absolute atomic E-state index is 11.5. The number of unbranched alkanes of at least 4 members (excludes halogenated alkanes) is 5. The van der Waals surface area contributed by atoms with Gasteiger partial charge in [-0.2, -0.15) is 0 Å². The number of rotatable bonds is 9. The zero-order valence-corrected chi connectivity index (χ0v) is 11.0. The summed E-state index contributed by atoms with van der Waals surface area (Å²) < 4.78 is 5.17. The molecular formula is C14H20O2S. The average Bonchev–Trinajstić information content (AvgIpc) is 2.86. The van der Waals surface area contributed by atoms with Crippen LogP contribution in [0.2, 0.25) is 0 Å². The van der Waals surface area contributed by atoms with Crippen molar-refractivity contribution in [3.05, 3.63) is 35.0 Å². The molecule has 94 valence electrons. The van der Waals surface area contributed by atoms with Gasteiger partial charge >= 0.3 is 5.97 Å². The number of carbonyl (C=O) groups excluding carboxylic acids is 1. The molecule has 1 aromatic rings. The third-order valence-corrected chi connectivity index (χ3v) is 3.36. The number of esters is 1. The summed E-state index contributed by atoms with van der Waals surface area (Å²) in [4.78, 5) is 12.1. The largest absolute Gasteiger partial charge is 0.462 e. The van der Waals surface area contributed by atoms with Gasteiger partial charge in [0.05, 0.1) is 6.61 Å². The van der Waals surface area contributed by atoms with Gasteiger partial charge in [0.25, 0.3) is 0 Å². The average molecular weight is 252 g/mol. The van der Waals surface area contributed by atoms with Crippen molar-refractivity contribution in [1.82, 2.24) is 0 Å². The van der Waals surface area contributed by atoms with Gasteiger partial charge in [-0.05, 0) is 30.7 Å². The molecule has 0 aliphatic rings. The van der Waals surface area contributed by atoms with Crippen LogP contribution in [-0.4, -0.2) is 12.6 Å². The summed E-state index contributed by atoms with van der Waals surface area (Å²) in [7, 11) is 0. The Morgan fingerprint density at radius 1 is 1.29 bits per heavy atom. The Morgan fingerprint density at radius 3 is 2.76 bits per heavy atom. The summed E-state index contributed by atoms with van der Waals surface area (Å²) in [6.45, 7) is 4.24. The molecule has 3 heteroatoms. The van der Waals surface area contributed by atoms with E-state index in [0.717, 1.165) is 19.3 Å². The van der Waals surface area contributed by atoms with Crippen LogP contribution in [0.15, 0.2) is 30.2 Å². The summed E-state index contributed by atoms with van der Waals surface area (Å²) in [6.07, 6.45) is 8.84. The quantitative estimate of drug-likeness (QED) is 0.369. The molecule has 0 aliphatic heterocycles. The normalized spacial score (nSPS) is 10.1. The Hall–Kier alpha value is -1.09. The molecule has 1 aromatic heterocycles. The first kappa shape index (κ1) is 14.0. The van der Waals surface area contributed by atoms with E-state index in [1.165, 1.54) is 30.6 Å². The lowest BCUT2D eigenvalue weighted by Crippen LogP contribution is -2.04. The Morgan fingerprint density at radius 2 is 2.06 bits per heavy atom. The van der Waals surface area contributed by atoms with E-state index in [9.17, 15) is 4.79 Å². The zero-order valence-electron chi connectivity index (χ0n) is 10.2. The molecule has 0 spiro atoms. The maximum atomic E-state index is 11.5. The molecule has 1 rings (SSSR count). The third kappa shape index (κ3) is 6.27. The summed E-state index contributed by atoms with van der Waals surface area (Å²) in [5.74, 6) is -0.188. The first-order chi connectivity index (χ1) is 8.34. The van der Waals surface area contributed by atoms with Crippen molar-refractivity contribution in [3.63, 3.8) is 0 Å². The molecule has 0 aromatic carbocycles. The van der Waals surface area contributed by atoms with E-state index in [0.29, 0.717) is 11.5 Å². The summed E-state index contributed by atoms with van der Waals surface area (Å²) in [5.41, 5.74) is 0. The van der Waals surface area contributed by atoms with Crippen molar-refractivity contribution < 1.29 is 9.53 Å². The molecule has 2 nitrogen and oxygen atoms in total. The van der Waals surface area contributed by atoms with Gasteiger partial charge in [0.1, 0.15) is 4.88 Å². The molecule has 0 aliphatic carbocycles. The molecular weight excluding hydrogens is 232 g/mol. The van der Waals surface area contributed by atoms with Gasteiger partial charge in [0, 0.05) is 0 Å². The number of hydrogen-bond donors (Lipinski definition) is 0. The second-order valence-electron chi connectivity index (χ2n) is 3.96. The van der Waals surface area contributed by atoms with Crippen LogP contribution in [0.25, 0.3) is 0 Å². The summed E-state index contributed by atoms with van der Waals surface area (Å²) in [6, 6.07) is 3.66. The van der Waals surface area contributed by atoms with E-state index in [4.69, 9.17) is 4.74 Å². The molecule has 0 atom stereocenters. The minimum atomic E-state index is -0.188. The van der Waals surface area contributed by atoms with E-state index in [1.54, 1.807) is 6.07 Å². The van der Waals surface area contributed by atoms with Gasteiger partial charge in [0.15, 0.2) is 0 Å². The maximum Gasteiger partial charge on any atom is 0.348 e. The molecule has 17 heavy (non-hydrogen) atoms. The van der Waals surface area contributed by atoms with Crippen molar-refractivity contribution in [2.75, 3.05) is 6.61 Å². The number of ether oxygens (including phenoxy) is 1. The minimum absolute atomic E-state index is 0.188. The number of hydrogen-bond acceptors (Lipinski definition) is 3. The fourth-order valence-corrected chi connectivity index (χ4v) is 2.17. The van der Waals surface area contributed by atoms with Crippen LogP contribution < -0.4 is 0 Å². The lowest BCUT2D eigenvalue weighted by atomic mass is 10.1. The highest BCUT2D eigenvalue weighted by Gasteiger charge is 2.06. The first-order valence-corrected chi connectivity index (χ1v) is 7.04. The van der Waals surface area contributed by atoms with Crippen LogP contribution in [0.5, 0.6) is 0 Å². The fourth-order valence-electron chi connectivity index (χ4n) is 1.55. The van der Waals surface area contributed by atoms with Gasteiger partial charge < -0.3 is 4.74 Å². The lowest BCUT2D eigenvalue weighted by molar-refractivity contribution is 0.0503. The van der Waals surface area contributed by atoms with Crippen LogP contribution in [-0.2, 0) is 4.74 Å². The molecule has 0 bridgehead atoms. The van der Waals surface area contributed by atoms with Crippen molar-refractivity contribution >= 4 is 17.3 Å². The minimum Gasteiger partial charge on any atom is -0.462 e. The van der Waals surface area contributed by atoms with E-state index in [1.807, 2.05) is 17.5 Å². The highest BCUT2D eigenvalue weighted by atomic mass is 32.1. The van der Waals surface area contributed by atoms with E-state index in [2.05, 4.69) is 6.58 Å². The van der Waals surface area contributed by atoms with Crippen molar-refractivity contribution in [3.8, 4) is 0 Å². The predicted molar refractivity (Wildman–Crippen MR) is 72.5 cm³/mol. The smallest absolute Gasteiger partial charge is 0.348 e. The lowest BCUT2D eigenvalue weighted by Gasteiger charge is -2.03. The van der Waals surface area contributed by atoms with Gasteiger partial charge in [-0.25, -0.2) is 4.79 Å². The van der Waals surface area contributed by atoms with Crippen LogP contribution in [0.4, 0.5) is 0 Å². The number of allylic oxidation sites excluding steroid dienone is 1. The molecule has 0 amide bonds. The van der Waals surface area contributed by atoms with Crippen molar-refractivity contribution in [1.29, 1.82) is 0 Å². The topological polar surface area (TPSA) is 26.3 Å². The Balaban J connectivity index is 1.94. The predicted octanol–water partition coefficient (Wildman–Crippen LogP) is 4.43. The summed E-state index contributed by atoms with van der Waals surface area (Å²) >= 11 is 1.42. The van der Waals surface area contributed by atoms with E-state index >= 15 is 0 Å². The second kappa shape index (κ2) is 8.99. The van der Waals surface area contributed by atoms with Gasteiger partial charge in [-0.15, -0.1) is 17.9 Å². The van der Waals surface area contributed by atoms with Crippen LogP contribution in [0, 0.1) is 0 Å².